The number of aliphatic hydroxyl groups is 1. The third kappa shape index (κ3) is 1.88. The van der Waals surface area contributed by atoms with Gasteiger partial charge in [-0.15, -0.1) is 0 Å². The van der Waals surface area contributed by atoms with Crippen molar-refractivity contribution in [1.82, 2.24) is 0 Å². The lowest BCUT2D eigenvalue weighted by molar-refractivity contribution is -0.125. The standard InChI is InChI=1S/C21H32O2/c1-13-15-6-5-14-16(19(15,2)10-9-18(13)22)7-11-20(3)17(14)8-12-21(20,4)23/h14,16-17,23H,5-12H2,1-4H3/t14-,16+,17+,19+,20-,21-/m0/s1. The predicted octanol–water partition coefficient (Wildman–Crippen LogP) is 4.66. The normalized spacial score (nSPS) is 52.9. The summed E-state index contributed by atoms with van der Waals surface area (Å²) in [5.41, 5.74) is 2.44. The Kier molecular flexibility index (Phi) is 3.25. The minimum atomic E-state index is -0.488. The van der Waals surface area contributed by atoms with Gasteiger partial charge in [-0.1, -0.05) is 19.4 Å². The van der Waals surface area contributed by atoms with E-state index in [2.05, 4.69) is 27.7 Å². The molecule has 0 amide bonds. The summed E-state index contributed by atoms with van der Waals surface area (Å²) in [6.45, 7) is 8.95. The molecule has 128 valence electrons. The van der Waals surface area contributed by atoms with Gasteiger partial charge in [0.1, 0.15) is 0 Å². The number of allylic oxidation sites excluding steroid dienone is 1. The number of carbonyl (C=O) groups is 1. The van der Waals surface area contributed by atoms with Gasteiger partial charge in [0.25, 0.3) is 0 Å². The van der Waals surface area contributed by atoms with Crippen LogP contribution in [0.3, 0.4) is 0 Å². The Balaban J connectivity index is 1.72. The molecule has 4 aliphatic carbocycles. The van der Waals surface area contributed by atoms with Crippen LogP contribution in [0.5, 0.6) is 0 Å². The Morgan fingerprint density at radius 2 is 1.65 bits per heavy atom. The van der Waals surface area contributed by atoms with E-state index in [0.717, 1.165) is 49.5 Å². The van der Waals surface area contributed by atoms with Gasteiger partial charge in [0.2, 0.25) is 0 Å². The molecule has 0 saturated heterocycles. The fraction of sp³-hybridized carbons (Fsp3) is 0.857. The molecule has 0 unspecified atom stereocenters. The molecule has 0 spiro atoms. The van der Waals surface area contributed by atoms with Crippen LogP contribution in [0.15, 0.2) is 11.1 Å². The lowest BCUT2D eigenvalue weighted by Gasteiger charge is -2.59. The molecule has 3 fully saturated rings. The molecule has 0 radical (unpaired) electrons. The first-order chi connectivity index (χ1) is 10.7. The molecule has 4 aliphatic rings. The molecule has 0 aromatic heterocycles. The highest BCUT2D eigenvalue weighted by atomic mass is 16.3. The summed E-state index contributed by atoms with van der Waals surface area (Å²) in [6, 6.07) is 0. The van der Waals surface area contributed by atoms with Gasteiger partial charge in [0, 0.05) is 6.42 Å². The van der Waals surface area contributed by atoms with Crippen molar-refractivity contribution >= 4 is 5.78 Å². The third-order valence-electron chi connectivity index (χ3n) is 8.98. The molecule has 2 heteroatoms. The number of rotatable bonds is 0. The maximum Gasteiger partial charge on any atom is 0.158 e. The topological polar surface area (TPSA) is 37.3 Å². The van der Waals surface area contributed by atoms with Gasteiger partial charge in [-0.05, 0) is 93.0 Å². The van der Waals surface area contributed by atoms with Crippen molar-refractivity contribution < 1.29 is 9.90 Å². The van der Waals surface area contributed by atoms with E-state index < -0.39 is 5.60 Å². The zero-order valence-corrected chi connectivity index (χ0v) is 15.2. The Hall–Kier alpha value is -0.630. The number of hydrogen-bond acceptors (Lipinski definition) is 2. The molecule has 23 heavy (non-hydrogen) atoms. The quantitative estimate of drug-likeness (QED) is 0.706. The summed E-state index contributed by atoms with van der Waals surface area (Å²) in [6.07, 6.45) is 8.69. The molecule has 0 bridgehead atoms. The third-order valence-corrected chi connectivity index (χ3v) is 8.98. The van der Waals surface area contributed by atoms with E-state index in [0.29, 0.717) is 11.7 Å². The maximum atomic E-state index is 12.2. The lowest BCUT2D eigenvalue weighted by atomic mass is 9.46. The Morgan fingerprint density at radius 1 is 0.957 bits per heavy atom. The lowest BCUT2D eigenvalue weighted by Crippen LogP contribution is -2.54. The van der Waals surface area contributed by atoms with E-state index in [-0.39, 0.29) is 10.8 Å². The van der Waals surface area contributed by atoms with E-state index in [4.69, 9.17) is 0 Å². The molecule has 4 rings (SSSR count). The average molecular weight is 316 g/mol. The maximum absolute atomic E-state index is 12.2. The van der Waals surface area contributed by atoms with Gasteiger partial charge < -0.3 is 5.11 Å². The Bertz CT molecular complexity index is 587. The molecule has 0 aromatic carbocycles. The van der Waals surface area contributed by atoms with Crippen molar-refractivity contribution in [1.29, 1.82) is 0 Å². The summed E-state index contributed by atoms with van der Waals surface area (Å²) < 4.78 is 0. The van der Waals surface area contributed by atoms with Gasteiger partial charge in [-0.2, -0.15) is 0 Å². The predicted molar refractivity (Wildman–Crippen MR) is 92.0 cm³/mol. The molecule has 0 aromatic rings. The number of Topliss-reactive ketones (excluding diaryl/α,β-unsaturated/α-hetero) is 1. The summed E-state index contributed by atoms with van der Waals surface area (Å²) in [4.78, 5) is 12.2. The van der Waals surface area contributed by atoms with Crippen LogP contribution in [-0.4, -0.2) is 16.5 Å². The first-order valence-corrected chi connectivity index (χ1v) is 9.66. The fourth-order valence-corrected chi connectivity index (χ4v) is 7.23. The Morgan fingerprint density at radius 3 is 2.39 bits per heavy atom. The van der Waals surface area contributed by atoms with Crippen molar-refractivity contribution in [2.45, 2.75) is 84.7 Å². The van der Waals surface area contributed by atoms with Gasteiger partial charge in [-0.25, -0.2) is 0 Å². The summed E-state index contributed by atoms with van der Waals surface area (Å²) >= 11 is 0. The molecule has 0 heterocycles. The van der Waals surface area contributed by atoms with Gasteiger partial charge in [0.15, 0.2) is 5.78 Å². The van der Waals surface area contributed by atoms with Crippen LogP contribution in [0.4, 0.5) is 0 Å². The van der Waals surface area contributed by atoms with Gasteiger partial charge in [-0.3, -0.25) is 4.79 Å². The van der Waals surface area contributed by atoms with Crippen LogP contribution < -0.4 is 0 Å². The molecule has 6 atom stereocenters. The van der Waals surface area contributed by atoms with Crippen molar-refractivity contribution in [2.75, 3.05) is 0 Å². The van der Waals surface area contributed by atoms with E-state index in [1.807, 2.05) is 0 Å². The highest BCUT2D eigenvalue weighted by molar-refractivity contribution is 5.96. The van der Waals surface area contributed by atoms with Crippen LogP contribution in [0.2, 0.25) is 0 Å². The minimum absolute atomic E-state index is 0.102. The second kappa shape index (κ2) is 4.71. The van der Waals surface area contributed by atoms with E-state index in [1.165, 1.54) is 24.8 Å². The zero-order valence-electron chi connectivity index (χ0n) is 15.2. The number of fused-ring (bicyclic) bond motifs is 5. The Labute approximate surface area is 140 Å². The zero-order chi connectivity index (χ0) is 16.6. The smallest absolute Gasteiger partial charge is 0.158 e. The second-order valence-electron chi connectivity index (χ2n) is 9.63. The average Bonchev–Trinajstić information content (AvgIpc) is 2.74. The molecular formula is C21H32O2. The van der Waals surface area contributed by atoms with Crippen LogP contribution in [-0.2, 0) is 4.79 Å². The van der Waals surface area contributed by atoms with Crippen molar-refractivity contribution in [3.05, 3.63) is 11.1 Å². The molecule has 1 N–H and O–H groups in total. The van der Waals surface area contributed by atoms with Crippen molar-refractivity contribution in [3.8, 4) is 0 Å². The number of carbonyl (C=O) groups excluding carboxylic acids is 1. The second-order valence-corrected chi connectivity index (χ2v) is 9.63. The molecular weight excluding hydrogens is 284 g/mol. The van der Waals surface area contributed by atoms with Gasteiger partial charge >= 0.3 is 0 Å². The van der Waals surface area contributed by atoms with Crippen molar-refractivity contribution in [2.24, 2.45) is 28.6 Å². The minimum Gasteiger partial charge on any atom is -0.390 e. The summed E-state index contributed by atoms with van der Waals surface area (Å²) in [7, 11) is 0. The fourth-order valence-electron chi connectivity index (χ4n) is 7.23. The van der Waals surface area contributed by atoms with Crippen LogP contribution in [0.25, 0.3) is 0 Å². The molecule has 2 nitrogen and oxygen atoms in total. The van der Waals surface area contributed by atoms with Crippen molar-refractivity contribution in [3.63, 3.8) is 0 Å². The van der Waals surface area contributed by atoms with Crippen LogP contribution in [0, 0.1) is 28.6 Å². The van der Waals surface area contributed by atoms with E-state index in [9.17, 15) is 9.90 Å². The largest absolute Gasteiger partial charge is 0.390 e. The highest BCUT2D eigenvalue weighted by Crippen LogP contribution is 2.67. The van der Waals surface area contributed by atoms with Crippen LogP contribution >= 0.6 is 0 Å². The van der Waals surface area contributed by atoms with E-state index >= 15 is 0 Å². The number of ketones is 1. The first-order valence-electron chi connectivity index (χ1n) is 9.66. The van der Waals surface area contributed by atoms with Crippen LogP contribution in [0.1, 0.15) is 79.1 Å². The summed E-state index contributed by atoms with van der Waals surface area (Å²) in [5.74, 6) is 2.53. The first kappa shape index (κ1) is 15.9. The monoisotopic (exact) mass is 316 g/mol. The number of hydrogen-bond donors (Lipinski definition) is 1. The van der Waals surface area contributed by atoms with E-state index in [1.54, 1.807) is 0 Å². The SMILES string of the molecule is CC1=C2CC[C@@H]3[C@H]4CC[C@](C)(O)[C@@]4(C)CC[C@H]3[C@]2(C)CCC1=O. The van der Waals surface area contributed by atoms with Gasteiger partial charge in [0.05, 0.1) is 5.60 Å². The summed E-state index contributed by atoms with van der Waals surface area (Å²) in [5, 5.41) is 11.0. The molecule has 0 aliphatic heterocycles. The molecule has 3 saturated carbocycles. The highest BCUT2D eigenvalue weighted by Gasteiger charge is 2.62.